The summed E-state index contributed by atoms with van der Waals surface area (Å²) in [6.07, 6.45) is 7.50. The number of rotatable bonds is 4. The molecule has 0 aromatic rings. The number of ether oxygens (including phenoxy) is 1. The molecule has 2 saturated carbocycles. The standard InChI is InChI=1S/C17H30O2/c1-6-16(9-7-8-10-16)19-14(18)17(11-13(17)2)12-15(3,4)5/h13H,6-12H2,1-5H3. The molecule has 2 nitrogen and oxygen atoms in total. The minimum Gasteiger partial charge on any atom is -0.459 e. The molecule has 0 heterocycles. The second kappa shape index (κ2) is 4.79. The molecule has 0 bridgehead atoms. The Morgan fingerprint density at radius 2 is 1.79 bits per heavy atom. The van der Waals surface area contributed by atoms with E-state index >= 15 is 0 Å². The second-order valence-corrected chi connectivity index (χ2v) is 8.13. The molecule has 2 rings (SSSR count). The summed E-state index contributed by atoms with van der Waals surface area (Å²) >= 11 is 0. The lowest BCUT2D eigenvalue weighted by Gasteiger charge is -2.32. The van der Waals surface area contributed by atoms with E-state index in [4.69, 9.17) is 4.74 Å². The van der Waals surface area contributed by atoms with Gasteiger partial charge in [-0.15, -0.1) is 0 Å². The van der Waals surface area contributed by atoms with Crippen LogP contribution >= 0.6 is 0 Å². The minimum absolute atomic E-state index is 0.0960. The molecule has 2 heteroatoms. The lowest BCUT2D eigenvalue weighted by atomic mass is 9.81. The molecule has 0 radical (unpaired) electrons. The van der Waals surface area contributed by atoms with E-state index in [-0.39, 0.29) is 22.4 Å². The predicted octanol–water partition coefficient (Wildman–Crippen LogP) is 4.71. The van der Waals surface area contributed by atoms with Gasteiger partial charge in [0, 0.05) is 0 Å². The van der Waals surface area contributed by atoms with E-state index in [1.54, 1.807) is 0 Å². The van der Waals surface area contributed by atoms with Crippen molar-refractivity contribution in [2.45, 2.75) is 85.2 Å². The summed E-state index contributed by atoms with van der Waals surface area (Å²) in [5.41, 5.74) is -0.119. The number of carbonyl (C=O) groups is 1. The Hall–Kier alpha value is -0.530. The van der Waals surface area contributed by atoms with Crippen LogP contribution in [-0.2, 0) is 9.53 Å². The van der Waals surface area contributed by atoms with Crippen LogP contribution in [0, 0.1) is 16.7 Å². The lowest BCUT2D eigenvalue weighted by Crippen LogP contribution is -2.36. The molecule has 0 aliphatic heterocycles. The van der Waals surface area contributed by atoms with Gasteiger partial charge >= 0.3 is 5.97 Å². The minimum atomic E-state index is -0.178. The lowest BCUT2D eigenvalue weighted by molar-refractivity contribution is -0.168. The molecule has 19 heavy (non-hydrogen) atoms. The molecule has 0 amide bonds. The first-order chi connectivity index (χ1) is 8.73. The molecule has 0 saturated heterocycles. The van der Waals surface area contributed by atoms with Gasteiger partial charge in [-0.1, -0.05) is 34.6 Å². The van der Waals surface area contributed by atoms with Crippen molar-refractivity contribution in [1.29, 1.82) is 0 Å². The maximum absolute atomic E-state index is 12.7. The third-order valence-electron chi connectivity index (χ3n) is 5.17. The zero-order valence-electron chi connectivity index (χ0n) is 13.3. The summed E-state index contributed by atoms with van der Waals surface area (Å²) in [4.78, 5) is 12.7. The van der Waals surface area contributed by atoms with Crippen LogP contribution in [0.2, 0.25) is 0 Å². The highest BCUT2D eigenvalue weighted by Crippen LogP contribution is 2.60. The van der Waals surface area contributed by atoms with Crippen molar-refractivity contribution in [1.82, 2.24) is 0 Å². The molecule has 2 fully saturated rings. The smallest absolute Gasteiger partial charge is 0.312 e. The average molecular weight is 266 g/mol. The van der Waals surface area contributed by atoms with Crippen molar-refractivity contribution in [3.8, 4) is 0 Å². The van der Waals surface area contributed by atoms with Gasteiger partial charge in [-0.05, 0) is 56.3 Å². The normalized spacial score (nSPS) is 33.2. The molecule has 110 valence electrons. The zero-order chi connectivity index (χ0) is 14.3. The fourth-order valence-electron chi connectivity index (χ4n) is 3.88. The Morgan fingerprint density at radius 3 is 2.16 bits per heavy atom. The van der Waals surface area contributed by atoms with Crippen LogP contribution < -0.4 is 0 Å². The predicted molar refractivity (Wildman–Crippen MR) is 77.9 cm³/mol. The van der Waals surface area contributed by atoms with Gasteiger partial charge in [-0.25, -0.2) is 0 Å². The molecule has 0 spiro atoms. The average Bonchev–Trinajstić information content (AvgIpc) is 2.76. The van der Waals surface area contributed by atoms with Crippen molar-refractivity contribution >= 4 is 5.97 Å². The second-order valence-electron chi connectivity index (χ2n) is 8.13. The van der Waals surface area contributed by atoms with Crippen LogP contribution in [0.5, 0.6) is 0 Å². The first kappa shape index (κ1) is 14.9. The van der Waals surface area contributed by atoms with Gasteiger partial charge in [-0.2, -0.15) is 0 Å². The maximum atomic E-state index is 12.7. The number of carbonyl (C=O) groups excluding carboxylic acids is 1. The third-order valence-corrected chi connectivity index (χ3v) is 5.17. The van der Waals surface area contributed by atoms with E-state index in [2.05, 4.69) is 34.6 Å². The van der Waals surface area contributed by atoms with Crippen LogP contribution in [0.1, 0.15) is 79.6 Å². The summed E-state index contributed by atoms with van der Waals surface area (Å²) in [6.45, 7) is 11.0. The van der Waals surface area contributed by atoms with E-state index in [0.29, 0.717) is 5.92 Å². The first-order valence-electron chi connectivity index (χ1n) is 7.97. The van der Waals surface area contributed by atoms with Crippen molar-refractivity contribution in [2.75, 3.05) is 0 Å². The van der Waals surface area contributed by atoms with Gasteiger partial charge in [0.2, 0.25) is 0 Å². The fraction of sp³-hybridized carbons (Fsp3) is 0.941. The Bertz CT molecular complexity index is 347. The Balaban J connectivity index is 2.06. The molecule has 0 aromatic heterocycles. The summed E-state index contributed by atoms with van der Waals surface area (Å²) in [7, 11) is 0. The molecule has 2 atom stereocenters. The van der Waals surface area contributed by atoms with Gasteiger partial charge in [-0.3, -0.25) is 4.79 Å². The largest absolute Gasteiger partial charge is 0.459 e. The third kappa shape index (κ3) is 2.98. The van der Waals surface area contributed by atoms with Crippen molar-refractivity contribution in [3.05, 3.63) is 0 Å². The van der Waals surface area contributed by atoms with E-state index in [9.17, 15) is 4.79 Å². The van der Waals surface area contributed by atoms with Crippen LogP contribution in [0.25, 0.3) is 0 Å². The van der Waals surface area contributed by atoms with Crippen LogP contribution in [0.15, 0.2) is 0 Å². The van der Waals surface area contributed by atoms with Gasteiger partial charge in [0.25, 0.3) is 0 Å². The SMILES string of the molecule is CCC1(OC(=O)C2(CC(C)(C)C)CC2C)CCCC1. The molecule has 2 aliphatic carbocycles. The molecular weight excluding hydrogens is 236 g/mol. The Labute approximate surface area is 118 Å². The highest BCUT2D eigenvalue weighted by molar-refractivity contribution is 5.81. The fourth-order valence-corrected chi connectivity index (χ4v) is 3.88. The van der Waals surface area contributed by atoms with Gasteiger partial charge < -0.3 is 4.74 Å². The molecule has 2 unspecified atom stereocenters. The highest BCUT2D eigenvalue weighted by atomic mass is 16.6. The number of hydrogen-bond donors (Lipinski definition) is 0. The summed E-state index contributed by atoms with van der Waals surface area (Å²) in [5, 5.41) is 0. The topological polar surface area (TPSA) is 26.3 Å². The first-order valence-corrected chi connectivity index (χ1v) is 7.97. The zero-order valence-corrected chi connectivity index (χ0v) is 13.3. The van der Waals surface area contributed by atoms with Crippen molar-refractivity contribution in [2.24, 2.45) is 16.7 Å². The Morgan fingerprint density at radius 1 is 1.26 bits per heavy atom. The van der Waals surface area contributed by atoms with Gasteiger partial charge in [0.15, 0.2) is 0 Å². The van der Waals surface area contributed by atoms with Crippen LogP contribution in [0.3, 0.4) is 0 Å². The van der Waals surface area contributed by atoms with Crippen LogP contribution in [0.4, 0.5) is 0 Å². The van der Waals surface area contributed by atoms with Crippen LogP contribution in [-0.4, -0.2) is 11.6 Å². The highest BCUT2D eigenvalue weighted by Gasteiger charge is 2.60. The maximum Gasteiger partial charge on any atom is 0.312 e. The summed E-state index contributed by atoms with van der Waals surface area (Å²) in [6, 6.07) is 0. The van der Waals surface area contributed by atoms with Gasteiger partial charge in [0.05, 0.1) is 5.41 Å². The molecule has 2 aliphatic rings. The quantitative estimate of drug-likeness (QED) is 0.688. The molecule has 0 N–H and O–H groups in total. The molecule has 0 aromatic carbocycles. The number of esters is 1. The van der Waals surface area contributed by atoms with E-state index in [1.807, 2.05) is 0 Å². The Kier molecular flexibility index (Phi) is 3.75. The monoisotopic (exact) mass is 266 g/mol. The van der Waals surface area contributed by atoms with Crippen molar-refractivity contribution < 1.29 is 9.53 Å². The molecular formula is C17H30O2. The summed E-state index contributed by atoms with van der Waals surface area (Å²) < 4.78 is 6.05. The van der Waals surface area contributed by atoms with Gasteiger partial charge in [0.1, 0.15) is 5.60 Å². The van der Waals surface area contributed by atoms with Crippen molar-refractivity contribution in [3.63, 3.8) is 0 Å². The van der Waals surface area contributed by atoms with E-state index in [0.717, 1.165) is 32.1 Å². The summed E-state index contributed by atoms with van der Waals surface area (Å²) in [5.74, 6) is 0.591. The van der Waals surface area contributed by atoms with E-state index in [1.165, 1.54) is 12.8 Å². The number of hydrogen-bond acceptors (Lipinski definition) is 2. The van der Waals surface area contributed by atoms with E-state index < -0.39 is 0 Å².